The maximum absolute atomic E-state index is 13.7. The predicted octanol–water partition coefficient (Wildman–Crippen LogP) is 4.79. The van der Waals surface area contributed by atoms with E-state index in [2.05, 4.69) is 46.7 Å². The first-order valence-corrected chi connectivity index (χ1v) is 14.6. The van der Waals surface area contributed by atoms with Gasteiger partial charge in [0.05, 0.1) is 4.92 Å². The highest BCUT2D eigenvalue weighted by Gasteiger charge is 2.37. The summed E-state index contributed by atoms with van der Waals surface area (Å²) in [5.74, 6) is -0.987. The van der Waals surface area contributed by atoms with Crippen molar-refractivity contribution in [2.24, 2.45) is 5.73 Å². The van der Waals surface area contributed by atoms with Crippen LogP contribution in [0.3, 0.4) is 0 Å². The lowest BCUT2D eigenvalue weighted by Gasteiger charge is -2.33. The van der Waals surface area contributed by atoms with Crippen molar-refractivity contribution in [1.82, 2.24) is 15.5 Å². The first kappa shape index (κ1) is 30.0. The molecule has 9 heteroatoms. The Labute approximate surface area is 242 Å². The van der Waals surface area contributed by atoms with Crippen LogP contribution in [0.5, 0.6) is 0 Å². The van der Waals surface area contributed by atoms with E-state index in [1.807, 2.05) is 13.8 Å². The fourth-order valence-corrected chi connectivity index (χ4v) is 5.98. The van der Waals surface area contributed by atoms with Gasteiger partial charge in [-0.05, 0) is 75.7 Å². The van der Waals surface area contributed by atoms with Crippen molar-refractivity contribution in [2.45, 2.75) is 64.7 Å². The van der Waals surface area contributed by atoms with Gasteiger partial charge in [-0.1, -0.05) is 55.8 Å². The Morgan fingerprint density at radius 1 is 0.976 bits per heavy atom. The molecule has 1 unspecified atom stereocenters. The number of carbonyl (C=O) groups is 2. The number of primary amides is 1. The SMILES string of the molecule is CCC1=C(C(N)=O)C(c2ccc([N+](=O)[O-])cc2)C(C(=O)NCCCN2CCC(c3ccc(C)cc3)CC2)=C(CC)N1. The number of rotatable bonds is 11. The van der Waals surface area contributed by atoms with Gasteiger partial charge in [-0.3, -0.25) is 19.7 Å². The average Bonchev–Trinajstić information content (AvgIpc) is 2.98. The maximum atomic E-state index is 13.7. The molecule has 0 saturated carbocycles. The lowest BCUT2D eigenvalue weighted by atomic mass is 9.78. The fourth-order valence-electron chi connectivity index (χ4n) is 5.98. The van der Waals surface area contributed by atoms with Crippen molar-refractivity contribution in [1.29, 1.82) is 0 Å². The van der Waals surface area contributed by atoms with E-state index in [4.69, 9.17) is 5.73 Å². The molecular formula is C32H41N5O4. The van der Waals surface area contributed by atoms with Crippen LogP contribution in [0.1, 0.15) is 74.5 Å². The van der Waals surface area contributed by atoms with Gasteiger partial charge < -0.3 is 21.3 Å². The lowest BCUT2D eigenvalue weighted by molar-refractivity contribution is -0.384. The average molecular weight is 560 g/mol. The summed E-state index contributed by atoms with van der Waals surface area (Å²) in [5.41, 5.74) is 11.3. The Morgan fingerprint density at radius 2 is 1.56 bits per heavy atom. The third-order valence-corrected chi connectivity index (χ3v) is 8.26. The van der Waals surface area contributed by atoms with E-state index in [0.717, 1.165) is 44.6 Å². The summed E-state index contributed by atoms with van der Waals surface area (Å²) in [6.07, 6.45) is 4.15. The van der Waals surface area contributed by atoms with Crippen LogP contribution < -0.4 is 16.4 Å². The summed E-state index contributed by atoms with van der Waals surface area (Å²) in [7, 11) is 0. The van der Waals surface area contributed by atoms with Gasteiger partial charge in [0, 0.05) is 47.1 Å². The molecule has 0 aromatic heterocycles. The number of amides is 2. The highest BCUT2D eigenvalue weighted by Crippen LogP contribution is 2.40. The zero-order valence-corrected chi connectivity index (χ0v) is 24.2. The molecule has 0 radical (unpaired) electrons. The van der Waals surface area contributed by atoms with E-state index in [1.165, 1.54) is 23.3 Å². The number of carbonyl (C=O) groups excluding carboxylic acids is 2. The van der Waals surface area contributed by atoms with E-state index in [-0.39, 0.29) is 11.6 Å². The van der Waals surface area contributed by atoms with Crippen LogP contribution in [0.15, 0.2) is 71.1 Å². The molecule has 1 fully saturated rings. The van der Waals surface area contributed by atoms with Crippen LogP contribution in [0.2, 0.25) is 0 Å². The zero-order valence-electron chi connectivity index (χ0n) is 24.2. The Bertz CT molecular complexity index is 1320. The topological polar surface area (TPSA) is 131 Å². The first-order valence-electron chi connectivity index (χ1n) is 14.6. The molecule has 0 aliphatic carbocycles. The van der Waals surface area contributed by atoms with Gasteiger partial charge in [0.2, 0.25) is 11.8 Å². The zero-order chi connectivity index (χ0) is 29.5. The summed E-state index contributed by atoms with van der Waals surface area (Å²) < 4.78 is 0. The van der Waals surface area contributed by atoms with Crippen molar-refractivity contribution >= 4 is 17.5 Å². The highest BCUT2D eigenvalue weighted by atomic mass is 16.6. The number of nitro benzene ring substituents is 1. The van der Waals surface area contributed by atoms with E-state index < -0.39 is 16.7 Å². The van der Waals surface area contributed by atoms with Crippen molar-refractivity contribution in [2.75, 3.05) is 26.2 Å². The number of likely N-dealkylation sites (tertiary alicyclic amines) is 1. The van der Waals surface area contributed by atoms with Gasteiger partial charge >= 0.3 is 0 Å². The molecule has 2 aliphatic rings. The van der Waals surface area contributed by atoms with Crippen LogP contribution >= 0.6 is 0 Å². The second kappa shape index (κ2) is 13.6. The number of benzene rings is 2. The second-order valence-electron chi connectivity index (χ2n) is 10.9. The minimum Gasteiger partial charge on any atom is -0.366 e. The molecule has 0 spiro atoms. The molecule has 1 saturated heterocycles. The van der Waals surface area contributed by atoms with E-state index in [0.29, 0.717) is 47.7 Å². The molecule has 2 aromatic rings. The Morgan fingerprint density at radius 3 is 2.12 bits per heavy atom. The number of nitro groups is 1. The van der Waals surface area contributed by atoms with Gasteiger partial charge in [0.1, 0.15) is 0 Å². The first-order chi connectivity index (χ1) is 19.7. The molecule has 2 heterocycles. The lowest BCUT2D eigenvalue weighted by Crippen LogP contribution is -2.39. The molecule has 9 nitrogen and oxygen atoms in total. The number of aryl methyl sites for hydroxylation is 1. The monoisotopic (exact) mass is 559 g/mol. The molecular weight excluding hydrogens is 518 g/mol. The molecule has 218 valence electrons. The van der Waals surface area contributed by atoms with Crippen molar-refractivity contribution in [3.63, 3.8) is 0 Å². The quantitative estimate of drug-likeness (QED) is 0.206. The number of nitrogens with zero attached hydrogens (tertiary/aromatic N) is 2. The predicted molar refractivity (Wildman–Crippen MR) is 160 cm³/mol. The standard InChI is InChI=1S/C32H41N5O4/c1-4-26-29(31(33)38)28(24-11-13-25(14-12-24)37(40)41)30(27(5-2)35-26)32(39)34-17-6-18-36-19-15-23(16-20-36)22-9-7-21(3)8-10-22/h7-14,23,28,35H,4-6,15-20H2,1-3H3,(H2,33,38)(H,34,39). The van der Waals surface area contributed by atoms with Crippen molar-refractivity contribution in [3.05, 3.63) is 97.9 Å². The Balaban J connectivity index is 1.42. The van der Waals surface area contributed by atoms with Gasteiger partial charge in [0.25, 0.3) is 5.69 Å². The number of nitrogens with two attached hydrogens (primary N) is 1. The maximum Gasteiger partial charge on any atom is 0.269 e. The van der Waals surface area contributed by atoms with Crippen LogP contribution in [0.25, 0.3) is 0 Å². The number of dihydropyridines is 1. The largest absolute Gasteiger partial charge is 0.366 e. The molecule has 2 aromatic carbocycles. The van der Waals surface area contributed by atoms with Crippen molar-refractivity contribution < 1.29 is 14.5 Å². The number of hydrogen-bond acceptors (Lipinski definition) is 6. The molecule has 4 N–H and O–H groups in total. The minimum atomic E-state index is -0.708. The number of non-ortho nitro benzene ring substituents is 1. The number of allylic oxidation sites excluding steroid dienone is 2. The highest BCUT2D eigenvalue weighted by molar-refractivity contribution is 6.03. The number of hydrogen-bond donors (Lipinski definition) is 3. The third kappa shape index (κ3) is 7.03. The molecule has 1 atom stereocenters. The smallest absolute Gasteiger partial charge is 0.269 e. The van der Waals surface area contributed by atoms with Gasteiger partial charge in [0.15, 0.2) is 0 Å². The summed E-state index contributed by atoms with van der Waals surface area (Å²) in [5, 5.41) is 17.6. The number of piperidine rings is 1. The molecule has 2 amide bonds. The fraction of sp³-hybridized carbons (Fsp3) is 0.438. The molecule has 41 heavy (non-hydrogen) atoms. The Hall–Kier alpha value is -3.98. The summed E-state index contributed by atoms with van der Waals surface area (Å²) in [6.45, 7) is 9.46. The summed E-state index contributed by atoms with van der Waals surface area (Å²) in [4.78, 5) is 39.5. The summed E-state index contributed by atoms with van der Waals surface area (Å²) in [6, 6.07) is 14.9. The molecule has 0 bridgehead atoms. The van der Waals surface area contributed by atoms with Crippen LogP contribution in [0, 0.1) is 17.0 Å². The molecule has 2 aliphatic heterocycles. The van der Waals surface area contributed by atoms with Crippen LogP contribution in [0.4, 0.5) is 5.69 Å². The van der Waals surface area contributed by atoms with E-state index >= 15 is 0 Å². The Kier molecular flexibility index (Phi) is 9.94. The van der Waals surface area contributed by atoms with E-state index in [9.17, 15) is 19.7 Å². The minimum absolute atomic E-state index is 0.0587. The van der Waals surface area contributed by atoms with Gasteiger partial charge in [-0.15, -0.1) is 0 Å². The second-order valence-corrected chi connectivity index (χ2v) is 10.9. The van der Waals surface area contributed by atoms with Gasteiger partial charge in [-0.25, -0.2) is 0 Å². The summed E-state index contributed by atoms with van der Waals surface area (Å²) >= 11 is 0. The van der Waals surface area contributed by atoms with Gasteiger partial charge in [-0.2, -0.15) is 0 Å². The normalized spacial score (nSPS) is 18.3. The van der Waals surface area contributed by atoms with Crippen molar-refractivity contribution in [3.8, 4) is 0 Å². The van der Waals surface area contributed by atoms with Crippen LogP contribution in [-0.4, -0.2) is 47.8 Å². The molecule has 4 rings (SSSR count). The van der Waals surface area contributed by atoms with Crippen LogP contribution in [-0.2, 0) is 9.59 Å². The van der Waals surface area contributed by atoms with E-state index in [1.54, 1.807) is 12.1 Å². The number of nitrogens with one attached hydrogen (secondary N) is 2. The third-order valence-electron chi connectivity index (χ3n) is 8.26.